The molecule has 1 saturated heterocycles. The van der Waals surface area contributed by atoms with Gasteiger partial charge in [-0.2, -0.15) is 0 Å². The lowest BCUT2D eigenvalue weighted by Crippen LogP contribution is -2.24. The summed E-state index contributed by atoms with van der Waals surface area (Å²) in [5.74, 6) is 0.550. The number of aliphatic hydroxyl groups is 1. The molecule has 4 heteroatoms. The van der Waals surface area contributed by atoms with Crippen LogP contribution in [0.25, 0.3) is 0 Å². The third-order valence-corrected chi connectivity index (χ3v) is 2.32. The van der Waals surface area contributed by atoms with Crippen molar-refractivity contribution in [2.45, 2.75) is 12.5 Å². The van der Waals surface area contributed by atoms with E-state index >= 15 is 0 Å². The topological polar surface area (TPSA) is 50.7 Å². The van der Waals surface area contributed by atoms with E-state index in [4.69, 9.17) is 14.6 Å². The number of rotatable bonds is 6. The third-order valence-electron chi connectivity index (χ3n) is 2.32. The van der Waals surface area contributed by atoms with Gasteiger partial charge in [-0.05, 0) is 12.3 Å². The first-order valence-electron chi connectivity index (χ1n) is 4.77. The second-order valence-corrected chi connectivity index (χ2v) is 3.46. The Kier molecular flexibility index (Phi) is 5.31. The van der Waals surface area contributed by atoms with Crippen LogP contribution in [-0.2, 0) is 9.47 Å². The lowest BCUT2D eigenvalue weighted by Gasteiger charge is -2.09. The van der Waals surface area contributed by atoms with Crippen LogP contribution in [0.4, 0.5) is 0 Å². The summed E-state index contributed by atoms with van der Waals surface area (Å²) in [6, 6.07) is 0.274. The van der Waals surface area contributed by atoms with E-state index in [-0.39, 0.29) is 12.6 Å². The van der Waals surface area contributed by atoms with E-state index in [9.17, 15) is 0 Å². The SMILES string of the molecule is COCCOC[C@H]1CN[C@H](CO)C1. The van der Waals surface area contributed by atoms with Gasteiger partial charge in [0.25, 0.3) is 0 Å². The van der Waals surface area contributed by atoms with E-state index in [1.165, 1.54) is 0 Å². The second kappa shape index (κ2) is 6.32. The quantitative estimate of drug-likeness (QED) is 0.559. The van der Waals surface area contributed by atoms with Crippen LogP contribution in [0.5, 0.6) is 0 Å². The average Bonchev–Trinajstić information content (AvgIpc) is 2.60. The van der Waals surface area contributed by atoms with Crippen molar-refractivity contribution in [2.75, 3.05) is 40.1 Å². The summed E-state index contributed by atoms with van der Waals surface area (Å²) in [7, 11) is 1.67. The highest BCUT2D eigenvalue weighted by Gasteiger charge is 2.22. The highest BCUT2D eigenvalue weighted by Crippen LogP contribution is 2.13. The summed E-state index contributed by atoms with van der Waals surface area (Å²) in [6.45, 7) is 3.28. The van der Waals surface area contributed by atoms with E-state index in [1.807, 2.05) is 0 Å². The Labute approximate surface area is 79.2 Å². The minimum atomic E-state index is 0.231. The normalized spacial score (nSPS) is 28.2. The van der Waals surface area contributed by atoms with Gasteiger partial charge in [-0.25, -0.2) is 0 Å². The molecule has 0 spiro atoms. The van der Waals surface area contributed by atoms with E-state index in [0.29, 0.717) is 19.1 Å². The van der Waals surface area contributed by atoms with Crippen molar-refractivity contribution in [3.8, 4) is 0 Å². The van der Waals surface area contributed by atoms with Gasteiger partial charge in [-0.1, -0.05) is 0 Å². The molecule has 0 radical (unpaired) electrons. The zero-order chi connectivity index (χ0) is 9.52. The average molecular weight is 189 g/mol. The van der Waals surface area contributed by atoms with Crippen molar-refractivity contribution in [2.24, 2.45) is 5.92 Å². The van der Waals surface area contributed by atoms with E-state index < -0.39 is 0 Å². The molecule has 0 saturated carbocycles. The fourth-order valence-electron chi connectivity index (χ4n) is 1.56. The number of nitrogens with one attached hydrogen (secondary N) is 1. The standard InChI is InChI=1S/C9H19NO3/c1-12-2-3-13-7-8-4-9(6-11)10-5-8/h8-11H,2-7H2,1H3/t8-,9+/m1/s1. The Balaban J connectivity index is 1.97. The molecule has 2 atom stereocenters. The summed E-state index contributed by atoms with van der Waals surface area (Å²) < 4.78 is 10.3. The fourth-order valence-corrected chi connectivity index (χ4v) is 1.56. The van der Waals surface area contributed by atoms with E-state index in [1.54, 1.807) is 7.11 Å². The van der Waals surface area contributed by atoms with Gasteiger partial charge in [0.15, 0.2) is 0 Å². The maximum absolute atomic E-state index is 8.87. The molecular formula is C9H19NO3. The van der Waals surface area contributed by atoms with Crippen LogP contribution in [0, 0.1) is 5.92 Å². The molecule has 4 nitrogen and oxygen atoms in total. The Morgan fingerprint density at radius 3 is 2.92 bits per heavy atom. The molecule has 1 rings (SSSR count). The molecule has 0 aromatic carbocycles. The number of aliphatic hydroxyl groups excluding tert-OH is 1. The maximum Gasteiger partial charge on any atom is 0.0700 e. The molecule has 1 heterocycles. The molecule has 0 aliphatic carbocycles. The molecule has 0 amide bonds. The third kappa shape index (κ3) is 4.04. The van der Waals surface area contributed by atoms with Crippen molar-refractivity contribution < 1.29 is 14.6 Å². The number of ether oxygens (including phenoxy) is 2. The zero-order valence-electron chi connectivity index (χ0n) is 8.16. The number of methoxy groups -OCH3 is 1. The minimum absolute atomic E-state index is 0.231. The molecule has 1 aliphatic heterocycles. The highest BCUT2D eigenvalue weighted by atomic mass is 16.5. The van der Waals surface area contributed by atoms with E-state index in [0.717, 1.165) is 19.6 Å². The van der Waals surface area contributed by atoms with Crippen LogP contribution in [0.3, 0.4) is 0 Å². The largest absolute Gasteiger partial charge is 0.395 e. The summed E-state index contributed by atoms with van der Waals surface area (Å²) in [4.78, 5) is 0. The van der Waals surface area contributed by atoms with Gasteiger partial charge < -0.3 is 19.9 Å². The Hall–Kier alpha value is -0.160. The minimum Gasteiger partial charge on any atom is -0.395 e. The first-order valence-corrected chi connectivity index (χ1v) is 4.77. The van der Waals surface area contributed by atoms with E-state index in [2.05, 4.69) is 5.32 Å². The molecule has 0 bridgehead atoms. The van der Waals surface area contributed by atoms with Gasteiger partial charge >= 0.3 is 0 Å². The van der Waals surface area contributed by atoms with Crippen LogP contribution in [0.2, 0.25) is 0 Å². The lowest BCUT2D eigenvalue weighted by atomic mass is 10.1. The fraction of sp³-hybridized carbons (Fsp3) is 1.00. The molecule has 2 N–H and O–H groups in total. The van der Waals surface area contributed by atoms with Crippen molar-refractivity contribution in [3.63, 3.8) is 0 Å². The summed E-state index contributed by atoms with van der Waals surface area (Å²) in [5.41, 5.74) is 0. The summed E-state index contributed by atoms with van der Waals surface area (Å²) in [6.07, 6.45) is 1.02. The molecule has 1 fully saturated rings. The molecule has 78 valence electrons. The van der Waals surface area contributed by atoms with Gasteiger partial charge in [-0.15, -0.1) is 0 Å². The monoisotopic (exact) mass is 189 g/mol. The number of hydrogen-bond donors (Lipinski definition) is 2. The van der Waals surface area contributed by atoms with Crippen LogP contribution in [0.1, 0.15) is 6.42 Å². The van der Waals surface area contributed by atoms with Gasteiger partial charge in [0.1, 0.15) is 0 Å². The van der Waals surface area contributed by atoms with Gasteiger partial charge in [0.05, 0.1) is 26.4 Å². The Morgan fingerprint density at radius 1 is 1.46 bits per heavy atom. The van der Waals surface area contributed by atoms with Crippen LogP contribution in [0.15, 0.2) is 0 Å². The van der Waals surface area contributed by atoms with Crippen LogP contribution >= 0.6 is 0 Å². The smallest absolute Gasteiger partial charge is 0.0700 e. The van der Waals surface area contributed by atoms with Gasteiger partial charge in [0.2, 0.25) is 0 Å². The Morgan fingerprint density at radius 2 is 2.31 bits per heavy atom. The second-order valence-electron chi connectivity index (χ2n) is 3.46. The summed E-state index contributed by atoms with van der Waals surface area (Å²) >= 11 is 0. The zero-order valence-corrected chi connectivity index (χ0v) is 8.16. The van der Waals surface area contributed by atoms with Gasteiger partial charge in [-0.3, -0.25) is 0 Å². The van der Waals surface area contributed by atoms with Crippen LogP contribution in [-0.4, -0.2) is 51.2 Å². The predicted molar refractivity (Wildman–Crippen MR) is 49.7 cm³/mol. The maximum atomic E-state index is 8.87. The van der Waals surface area contributed by atoms with Crippen molar-refractivity contribution >= 4 is 0 Å². The molecular weight excluding hydrogens is 170 g/mol. The highest BCUT2D eigenvalue weighted by molar-refractivity contribution is 4.80. The van der Waals surface area contributed by atoms with Crippen molar-refractivity contribution in [1.29, 1.82) is 0 Å². The Bertz CT molecular complexity index is 132. The summed E-state index contributed by atoms with van der Waals surface area (Å²) in [5, 5.41) is 12.1. The first kappa shape index (κ1) is 10.9. The van der Waals surface area contributed by atoms with Crippen molar-refractivity contribution in [1.82, 2.24) is 5.32 Å². The molecule has 0 unspecified atom stereocenters. The molecule has 1 aliphatic rings. The van der Waals surface area contributed by atoms with Crippen molar-refractivity contribution in [3.05, 3.63) is 0 Å². The lowest BCUT2D eigenvalue weighted by molar-refractivity contribution is 0.0539. The predicted octanol–water partition coefficient (Wildman–Crippen LogP) is -0.380. The number of hydrogen-bond acceptors (Lipinski definition) is 4. The van der Waals surface area contributed by atoms with Crippen LogP contribution < -0.4 is 5.32 Å². The first-order chi connectivity index (χ1) is 6.36. The molecule has 0 aromatic rings. The van der Waals surface area contributed by atoms with Gasteiger partial charge in [0, 0.05) is 19.7 Å². The molecule has 0 aromatic heterocycles. The molecule has 13 heavy (non-hydrogen) atoms.